The average Bonchev–Trinajstić information content (AvgIpc) is 2.84. The number of carbonyl (C=O) groups excluding carboxylic acids is 1. The van der Waals surface area contributed by atoms with Crippen LogP contribution >= 0.6 is 0 Å². The minimum atomic E-state index is -0.886. The normalized spacial score (nSPS) is 18.7. The van der Waals surface area contributed by atoms with Crippen molar-refractivity contribution in [1.29, 1.82) is 0 Å². The lowest BCUT2D eigenvalue weighted by Gasteiger charge is -2.19. The summed E-state index contributed by atoms with van der Waals surface area (Å²) >= 11 is 0. The lowest BCUT2D eigenvalue weighted by atomic mass is 10.0. The number of amides is 1. The predicted molar refractivity (Wildman–Crippen MR) is 76.9 cm³/mol. The first kappa shape index (κ1) is 14.5. The van der Waals surface area contributed by atoms with E-state index in [9.17, 15) is 14.7 Å². The fourth-order valence-corrected chi connectivity index (χ4v) is 2.36. The van der Waals surface area contributed by atoms with Crippen LogP contribution in [0.1, 0.15) is 31.7 Å². The highest BCUT2D eigenvalue weighted by molar-refractivity contribution is 5.99. The molecule has 0 fully saturated rings. The highest BCUT2D eigenvalue weighted by Crippen LogP contribution is 2.36. The Hall–Kier alpha value is -1.88. The quantitative estimate of drug-likeness (QED) is 0.857. The molecule has 0 saturated carbocycles. The number of benzene rings is 1. The van der Waals surface area contributed by atoms with Crippen LogP contribution in [0.25, 0.3) is 0 Å². The summed E-state index contributed by atoms with van der Waals surface area (Å²) in [5, 5.41) is 12.4. The number of aliphatic carboxylic acids is 1. The summed E-state index contributed by atoms with van der Waals surface area (Å²) in [7, 11) is 0. The highest BCUT2D eigenvalue weighted by atomic mass is 16.4. The minimum absolute atomic E-state index is 0.0819. The SMILES string of the molecule is CCC(C)NCC(=O)N1CC(C(=O)O)c2ccccc21. The van der Waals surface area contributed by atoms with Crippen molar-refractivity contribution in [3.63, 3.8) is 0 Å². The molecule has 0 saturated heterocycles. The zero-order valence-corrected chi connectivity index (χ0v) is 11.8. The molecule has 0 aliphatic carbocycles. The molecule has 20 heavy (non-hydrogen) atoms. The van der Waals surface area contributed by atoms with Gasteiger partial charge in [-0.25, -0.2) is 0 Å². The molecular weight excluding hydrogens is 256 g/mol. The molecule has 2 rings (SSSR count). The maximum atomic E-state index is 12.3. The molecular formula is C15H20N2O3. The van der Waals surface area contributed by atoms with Gasteiger partial charge in [0.15, 0.2) is 0 Å². The van der Waals surface area contributed by atoms with Crippen LogP contribution in [0, 0.1) is 0 Å². The molecule has 2 N–H and O–H groups in total. The van der Waals surface area contributed by atoms with Crippen molar-refractivity contribution in [2.45, 2.75) is 32.2 Å². The van der Waals surface area contributed by atoms with E-state index in [0.29, 0.717) is 0 Å². The molecule has 0 spiro atoms. The minimum Gasteiger partial charge on any atom is -0.481 e. The van der Waals surface area contributed by atoms with Crippen molar-refractivity contribution in [2.75, 3.05) is 18.0 Å². The molecule has 1 heterocycles. The van der Waals surface area contributed by atoms with Gasteiger partial charge in [0.2, 0.25) is 5.91 Å². The Bertz CT molecular complexity index is 516. The van der Waals surface area contributed by atoms with Gasteiger partial charge in [0.05, 0.1) is 6.54 Å². The third-order valence-electron chi connectivity index (χ3n) is 3.78. The third-order valence-corrected chi connectivity index (χ3v) is 3.78. The lowest BCUT2D eigenvalue weighted by Crippen LogP contribution is -2.40. The number of rotatable bonds is 5. The Kier molecular flexibility index (Phi) is 4.39. The van der Waals surface area contributed by atoms with E-state index >= 15 is 0 Å². The lowest BCUT2D eigenvalue weighted by molar-refractivity contribution is -0.138. The second kappa shape index (κ2) is 6.05. The molecule has 2 unspecified atom stereocenters. The maximum Gasteiger partial charge on any atom is 0.312 e. The van der Waals surface area contributed by atoms with E-state index in [-0.39, 0.29) is 25.0 Å². The standard InChI is InChI=1S/C15H20N2O3/c1-3-10(2)16-8-14(18)17-9-12(15(19)20)11-6-4-5-7-13(11)17/h4-7,10,12,16H,3,8-9H2,1-2H3,(H,19,20). The van der Waals surface area contributed by atoms with Crippen molar-refractivity contribution in [3.8, 4) is 0 Å². The topological polar surface area (TPSA) is 69.6 Å². The van der Waals surface area contributed by atoms with Crippen LogP contribution in [0.15, 0.2) is 24.3 Å². The van der Waals surface area contributed by atoms with Gasteiger partial charge in [-0.3, -0.25) is 9.59 Å². The molecule has 1 aliphatic rings. The number of hydrogen-bond acceptors (Lipinski definition) is 3. The molecule has 0 radical (unpaired) electrons. The van der Waals surface area contributed by atoms with Crippen LogP contribution in [-0.2, 0) is 9.59 Å². The first-order valence-corrected chi connectivity index (χ1v) is 6.90. The van der Waals surface area contributed by atoms with E-state index in [2.05, 4.69) is 5.32 Å². The zero-order valence-electron chi connectivity index (χ0n) is 11.8. The van der Waals surface area contributed by atoms with Crippen LogP contribution in [0.5, 0.6) is 0 Å². The number of carboxylic acid groups (broad SMARTS) is 1. The second-order valence-electron chi connectivity index (χ2n) is 5.14. The first-order valence-electron chi connectivity index (χ1n) is 6.90. The molecule has 1 amide bonds. The van der Waals surface area contributed by atoms with E-state index in [1.807, 2.05) is 19.9 Å². The predicted octanol–water partition coefficient (Wildman–Crippen LogP) is 1.59. The Labute approximate surface area is 118 Å². The van der Waals surface area contributed by atoms with Gasteiger partial charge in [0.1, 0.15) is 5.92 Å². The molecule has 2 atom stereocenters. The monoisotopic (exact) mass is 276 g/mol. The average molecular weight is 276 g/mol. The number of nitrogens with zero attached hydrogens (tertiary/aromatic N) is 1. The van der Waals surface area contributed by atoms with Gasteiger partial charge in [0.25, 0.3) is 0 Å². The van der Waals surface area contributed by atoms with Crippen LogP contribution in [-0.4, -0.2) is 36.1 Å². The van der Waals surface area contributed by atoms with E-state index in [4.69, 9.17) is 0 Å². The summed E-state index contributed by atoms with van der Waals surface area (Å²) in [4.78, 5) is 25.1. The molecule has 0 aromatic heterocycles. The van der Waals surface area contributed by atoms with E-state index in [0.717, 1.165) is 17.7 Å². The molecule has 5 heteroatoms. The number of anilines is 1. The summed E-state index contributed by atoms with van der Waals surface area (Å²) in [6, 6.07) is 7.49. The third kappa shape index (κ3) is 2.82. The second-order valence-corrected chi connectivity index (χ2v) is 5.14. The van der Waals surface area contributed by atoms with Crippen molar-refractivity contribution in [1.82, 2.24) is 5.32 Å². The Balaban J connectivity index is 2.14. The number of nitrogens with one attached hydrogen (secondary N) is 1. The fraction of sp³-hybridized carbons (Fsp3) is 0.467. The van der Waals surface area contributed by atoms with Gasteiger partial charge >= 0.3 is 5.97 Å². The number of hydrogen-bond donors (Lipinski definition) is 2. The Morgan fingerprint density at radius 3 is 2.80 bits per heavy atom. The molecule has 1 aromatic carbocycles. The van der Waals surface area contributed by atoms with Crippen LogP contribution in [0.4, 0.5) is 5.69 Å². The van der Waals surface area contributed by atoms with E-state index in [1.54, 1.807) is 23.1 Å². The van der Waals surface area contributed by atoms with Crippen LogP contribution in [0.2, 0.25) is 0 Å². The van der Waals surface area contributed by atoms with Gasteiger partial charge in [-0.1, -0.05) is 25.1 Å². The van der Waals surface area contributed by atoms with Crippen LogP contribution < -0.4 is 10.2 Å². The maximum absolute atomic E-state index is 12.3. The highest BCUT2D eigenvalue weighted by Gasteiger charge is 2.35. The molecule has 1 aliphatic heterocycles. The molecule has 0 bridgehead atoms. The summed E-state index contributed by atoms with van der Waals surface area (Å²) < 4.78 is 0. The Morgan fingerprint density at radius 2 is 2.15 bits per heavy atom. The van der Waals surface area contributed by atoms with Crippen molar-refractivity contribution in [3.05, 3.63) is 29.8 Å². The van der Waals surface area contributed by atoms with Crippen molar-refractivity contribution < 1.29 is 14.7 Å². The molecule has 1 aromatic rings. The zero-order chi connectivity index (χ0) is 14.7. The van der Waals surface area contributed by atoms with E-state index in [1.165, 1.54) is 0 Å². The number of carboxylic acids is 1. The van der Waals surface area contributed by atoms with Gasteiger partial charge < -0.3 is 15.3 Å². The number of fused-ring (bicyclic) bond motifs is 1. The Morgan fingerprint density at radius 1 is 1.45 bits per heavy atom. The van der Waals surface area contributed by atoms with Crippen molar-refractivity contribution in [2.24, 2.45) is 0 Å². The smallest absolute Gasteiger partial charge is 0.312 e. The van der Waals surface area contributed by atoms with Gasteiger partial charge in [0, 0.05) is 18.3 Å². The van der Waals surface area contributed by atoms with Gasteiger partial charge in [-0.15, -0.1) is 0 Å². The fourth-order valence-electron chi connectivity index (χ4n) is 2.36. The first-order chi connectivity index (χ1) is 9.54. The summed E-state index contributed by atoms with van der Waals surface area (Å²) in [5.74, 6) is -1.59. The number of para-hydroxylation sites is 1. The van der Waals surface area contributed by atoms with Crippen molar-refractivity contribution >= 4 is 17.6 Å². The van der Waals surface area contributed by atoms with Gasteiger partial charge in [-0.2, -0.15) is 0 Å². The summed E-state index contributed by atoms with van der Waals surface area (Å²) in [6.07, 6.45) is 0.946. The molecule has 108 valence electrons. The summed E-state index contributed by atoms with van der Waals surface area (Å²) in [5.41, 5.74) is 1.44. The number of carbonyl (C=O) groups is 2. The largest absolute Gasteiger partial charge is 0.481 e. The van der Waals surface area contributed by atoms with Gasteiger partial charge in [-0.05, 0) is 25.0 Å². The molecule has 5 nitrogen and oxygen atoms in total. The summed E-state index contributed by atoms with van der Waals surface area (Å²) in [6.45, 7) is 4.52. The van der Waals surface area contributed by atoms with E-state index < -0.39 is 11.9 Å². The van der Waals surface area contributed by atoms with Crippen LogP contribution in [0.3, 0.4) is 0 Å².